The van der Waals surface area contributed by atoms with Crippen molar-refractivity contribution in [1.29, 1.82) is 0 Å². The Kier molecular flexibility index (Phi) is 9.08. The van der Waals surface area contributed by atoms with Gasteiger partial charge in [-0.25, -0.2) is 14.8 Å². The lowest BCUT2D eigenvalue weighted by Crippen LogP contribution is -2.55. The number of unbranched alkanes of at least 4 members (excludes halogenated alkanes) is 3. The summed E-state index contributed by atoms with van der Waals surface area (Å²) in [6.45, 7) is 0.241. The molecule has 0 aromatic heterocycles. The topological polar surface area (TPSA) is 127 Å². The van der Waals surface area contributed by atoms with Crippen LogP contribution in [0.2, 0.25) is 0 Å². The number of anilines is 2. The molecule has 35 heavy (non-hydrogen) atoms. The fourth-order valence-electron chi connectivity index (χ4n) is 3.65. The fourth-order valence-corrected chi connectivity index (χ4v) is 3.65. The average Bonchev–Trinajstić information content (AvgIpc) is 2.83. The number of hydrogen-bond donors (Lipinski definition) is 2. The highest BCUT2D eigenvalue weighted by Crippen LogP contribution is 2.22. The van der Waals surface area contributed by atoms with E-state index >= 15 is 0 Å². The third kappa shape index (κ3) is 7.21. The maximum absolute atomic E-state index is 12.7. The van der Waals surface area contributed by atoms with Crippen LogP contribution in [0.5, 0.6) is 0 Å². The molecule has 1 saturated heterocycles. The largest absolute Gasteiger partial charge is 0.338 e. The molecule has 2 aromatic carbocycles. The monoisotopic (exact) mass is 480 g/mol. The van der Waals surface area contributed by atoms with Crippen molar-refractivity contribution in [2.75, 3.05) is 23.3 Å². The molecule has 2 aromatic rings. The number of amides is 6. The standard InChI is InChI=1S/C25H28N4O6/c30-21(26-19-11-5-3-6-12-19)17-23(32)28(35)16-10-2-1-9-15-27-22(31)18-24(33)29(25(27)34)20-13-7-4-8-14-20/h3-8,11-14,35H,1-2,9-10,15-18H2,(H,26,30). The van der Waals surface area contributed by atoms with E-state index in [4.69, 9.17) is 0 Å². The molecule has 0 bridgehead atoms. The van der Waals surface area contributed by atoms with Crippen molar-refractivity contribution in [1.82, 2.24) is 9.96 Å². The summed E-state index contributed by atoms with van der Waals surface area (Å²) in [5.74, 6) is -2.28. The van der Waals surface area contributed by atoms with Gasteiger partial charge in [0.1, 0.15) is 12.8 Å². The number of barbiturate groups is 1. The summed E-state index contributed by atoms with van der Waals surface area (Å²) in [7, 11) is 0. The minimum Gasteiger partial charge on any atom is -0.326 e. The normalized spacial score (nSPS) is 13.7. The molecule has 0 unspecified atom stereocenters. The lowest BCUT2D eigenvalue weighted by atomic mass is 10.1. The van der Waals surface area contributed by atoms with E-state index in [2.05, 4.69) is 5.32 Å². The Hall–Kier alpha value is -4.05. The number of nitrogens with one attached hydrogen (secondary N) is 1. The number of hydrogen-bond acceptors (Lipinski definition) is 6. The Bertz CT molecular complexity index is 1060. The maximum atomic E-state index is 12.7. The van der Waals surface area contributed by atoms with Gasteiger partial charge in [-0.05, 0) is 37.1 Å². The third-order valence-electron chi connectivity index (χ3n) is 5.45. The lowest BCUT2D eigenvalue weighted by Gasteiger charge is -2.32. The Morgan fingerprint density at radius 2 is 1.49 bits per heavy atom. The highest BCUT2D eigenvalue weighted by atomic mass is 16.5. The molecule has 0 atom stereocenters. The first-order valence-corrected chi connectivity index (χ1v) is 11.4. The first-order chi connectivity index (χ1) is 16.9. The molecule has 10 nitrogen and oxygen atoms in total. The summed E-state index contributed by atoms with van der Waals surface area (Å²) in [4.78, 5) is 63.2. The van der Waals surface area contributed by atoms with Gasteiger partial charge in [-0.15, -0.1) is 0 Å². The highest BCUT2D eigenvalue weighted by Gasteiger charge is 2.38. The molecule has 6 amide bonds. The molecule has 2 N–H and O–H groups in total. The van der Waals surface area contributed by atoms with Crippen LogP contribution in [0.3, 0.4) is 0 Å². The summed E-state index contributed by atoms with van der Waals surface area (Å²) in [6.07, 6.45) is 1.46. The van der Waals surface area contributed by atoms with Crippen molar-refractivity contribution in [2.24, 2.45) is 0 Å². The van der Waals surface area contributed by atoms with Gasteiger partial charge in [-0.1, -0.05) is 49.2 Å². The smallest absolute Gasteiger partial charge is 0.326 e. The molecule has 0 saturated carbocycles. The zero-order valence-corrected chi connectivity index (χ0v) is 19.3. The summed E-state index contributed by atoms with van der Waals surface area (Å²) < 4.78 is 0. The highest BCUT2D eigenvalue weighted by molar-refractivity contribution is 6.26. The van der Waals surface area contributed by atoms with Crippen LogP contribution < -0.4 is 10.2 Å². The van der Waals surface area contributed by atoms with Crippen LogP contribution in [0.1, 0.15) is 38.5 Å². The molecular weight excluding hydrogens is 452 g/mol. The number of para-hydroxylation sites is 2. The lowest BCUT2D eigenvalue weighted by molar-refractivity contribution is -0.166. The quantitative estimate of drug-likeness (QED) is 0.220. The second-order valence-electron chi connectivity index (χ2n) is 8.09. The van der Waals surface area contributed by atoms with Gasteiger partial charge in [0.25, 0.3) is 5.91 Å². The van der Waals surface area contributed by atoms with Crippen LogP contribution in [-0.2, 0) is 19.2 Å². The van der Waals surface area contributed by atoms with Crippen molar-refractivity contribution >= 4 is 41.0 Å². The summed E-state index contributed by atoms with van der Waals surface area (Å²) >= 11 is 0. The Balaban J connectivity index is 1.35. The summed E-state index contributed by atoms with van der Waals surface area (Å²) in [5.41, 5.74) is 0.988. The van der Waals surface area contributed by atoms with E-state index in [1.165, 1.54) is 0 Å². The van der Waals surface area contributed by atoms with Gasteiger partial charge in [-0.2, -0.15) is 0 Å². The predicted octanol–water partition coefficient (Wildman–Crippen LogP) is 3.18. The average molecular weight is 481 g/mol. The number of benzene rings is 2. The van der Waals surface area contributed by atoms with Crippen molar-refractivity contribution in [3.63, 3.8) is 0 Å². The van der Waals surface area contributed by atoms with Crippen molar-refractivity contribution in [2.45, 2.75) is 38.5 Å². The van der Waals surface area contributed by atoms with Crippen LogP contribution in [0.15, 0.2) is 60.7 Å². The van der Waals surface area contributed by atoms with Crippen LogP contribution in [0.25, 0.3) is 0 Å². The van der Waals surface area contributed by atoms with E-state index in [0.29, 0.717) is 42.1 Å². The molecule has 1 aliphatic rings. The first-order valence-electron chi connectivity index (χ1n) is 11.4. The third-order valence-corrected chi connectivity index (χ3v) is 5.45. The van der Waals surface area contributed by atoms with Gasteiger partial charge in [-0.3, -0.25) is 29.3 Å². The van der Waals surface area contributed by atoms with Gasteiger partial charge in [0.05, 0.1) is 5.69 Å². The molecule has 0 spiro atoms. The van der Waals surface area contributed by atoms with Crippen molar-refractivity contribution < 1.29 is 29.2 Å². The molecule has 1 fully saturated rings. The van der Waals surface area contributed by atoms with Crippen LogP contribution in [-0.4, -0.2) is 57.9 Å². The van der Waals surface area contributed by atoms with E-state index in [1.54, 1.807) is 60.7 Å². The molecule has 3 rings (SSSR count). The van der Waals surface area contributed by atoms with Crippen molar-refractivity contribution in [3.05, 3.63) is 60.7 Å². The van der Waals surface area contributed by atoms with E-state index in [-0.39, 0.29) is 19.5 Å². The number of carbonyl (C=O) groups excluding carboxylic acids is 5. The van der Waals surface area contributed by atoms with Crippen molar-refractivity contribution in [3.8, 4) is 0 Å². The van der Waals surface area contributed by atoms with E-state index in [1.807, 2.05) is 0 Å². The van der Waals surface area contributed by atoms with Gasteiger partial charge in [0, 0.05) is 18.8 Å². The zero-order chi connectivity index (χ0) is 25.2. The Labute approximate surface area is 203 Å². The minimum absolute atomic E-state index is 0.0648. The van der Waals surface area contributed by atoms with Crippen LogP contribution in [0, 0.1) is 0 Å². The molecule has 184 valence electrons. The number of nitrogens with zero attached hydrogens (tertiary/aromatic N) is 3. The van der Waals surface area contributed by atoms with Gasteiger partial charge in [0.2, 0.25) is 17.7 Å². The van der Waals surface area contributed by atoms with Gasteiger partial charge >= 0.3 is 6.03 Å². The number of imide groups is 2. The molecule has 0 aliphatic carbocycles. The molecular formula is C25H28N4O6. The second-order valence-corrected chi connectivity index (χ2v) is 8.09. The molecule has 1 aliphatic heterocycles. The number of rotatable bonds is 11. The van der Waals surface area contributed by atoms with Crippen LogP contribution >= 0.6 is 0 Å². The Morgan fingerprint density at radius 1 is 0.857 bits per heavy atom. The number of hydroxylamine groups is 2. The first kappa shape index (κ1) is 25.6. The second kappa shape index (κ2) is 12.4. The van der Waals surface area contributed by atoms with Gasteiger partial charge < -0.3 is 5.32 Å². The number of carbonyl (C=O) groups is 5. The fraction of sp³-hybridized carbons (Fsp3) is 0.320. The van der Waals surface area contributed by atoms with E-state index in [0.717, 1.165) is 9.80 Å². The van der Waals surface area contributed by atoms with Gasteiger partial charge in [0.15, 0.2) is 0 Å². The minimum atomic E-state index is -0.700. The predicted molar refractivity (Wildman–Crippen MR) is 127 cm³/mol. The Morgan fingerprint density at radius 3 is 2.17 bits per heavy atom. The molecule has 1 heterocycles. The molecule has 0 radical (unpaired) electrons. The number of urea groups is 1. The van der Waals surface area contributed by atoms with E-state index in [9.17, 15) is 29.2 Å². The summed E-state index contributed by atoms with van der Waals surface area (Å²) in [5, 5.41) is 13.0. The van der Waals surface area contributed by atoms with E-state index < -0.39 is 36.1 Å². The van der Waals surface area contributed by atoms with Crippen LogP contribution in [0.4, 0.5) is 16.2 Å². The summed E-state index contributed by atoms with van der Waals surface area (Å²) in [6, 6.07) is 16.5. The maximum Gasteiger partial charge on any atom is 0.338 e. The SMILES string of the molecule is O=C(CC(=O)N(O)CCCCCCN1C(=O)CC(=O)N(c2ccccc2)C1=O)Nc1ccccc1. The molecule has 10 heteroatoms. The zero-order valence-electron chi connectivity index (χ0n) is 19.3.